The van der Waals surface area contributed by atoms with Crippen molar-refractivity contribution in [2.45, 2.75) is 122 Å². The zero-order valence-electron chi connectivity index (χ0n) is 28.4. The molecule has 3 saturated heterocycles. The molecule has 4 heterocycles. The average molecular weight is 669 g/mol. The number of aryl methyl sites for hydroxylation is 1. The molecule has 1 spiro atoms. The Morgan fingerprint density at radius 3 is 2.26 bits per heavy atom. The number of carbonyl (C=O) groups excluding carboxylic acids is 3. The maximum absolute atomic E-state index is 13.9. The number of carbonyl (C=O) groups is 3. The van der Waals surface area contributed by atoms with E-state index in [0.29, 0.717) is 57.3 Å². The molecule has 0 unspecified atom stereocenters. The van der Waals surface area contributed by atoms with E-state index in [0.717, 1.165) is 81.7 Å². The molecule has 1 aromatic heterocycles. The van der Waals surface area contributed by atoms with Crippen molar-refractivity contribution in [3.05, 3.63) is 46.8 Å². The lowest BCUT2D eigenvalue weighted by atomic mass is 9.77. The van der Waals surface area contributed by atoms with E-state index < -0.39 is 17.2 Å². The molecule has 1 aromatic carbocycles. The highest BCUT2D eigenvalue weighted by Crippen LogP contribution is 2.38. The minimum atomic E-state index is -0.872. The molecule has 1 atom stereocenters. The van der Waals surface area contributed by atoms with Crippen molar-refractivity contribution in [2.75, 3.05) is 32.7 Å². The Kier molecular flexibility index (Phi) is 11.0. The molecule has 0 radical (unpaired) electrons. The van der Waals surface area contributed by atoms with Crippen LogP contribution in [0.2, 0.25) is 0 Å². The number of nitrogens with zero attached hydrogens (tertiary/aromatic N) is 5. The maximum Gasteiger partial charge on any atom is 0.253 e. The molecule has 10 nitrogen and oxygen atoms in total. The molecule has 4 aliphatic rings. The number of rotatable bonds is 9. The lowest BCUT2D eigenvalue weighted by molar-refractivity contribution is -0.163. The minimum Gasteiger partial charge on any atom is -0.390 e. The number of halogens is 1. The number of amides is 3. The van der Waals surface area contributed by atoms with Crippen LogP contribution in [0, 0.1) is 13.8 Å². The SMILES string of the molecule is CCCCN1C(=O)[C@@H](CC2(O)CCCCC2)NC(=O)C12CCN(Cc1c(C)nn(-c3ccc(C(=O)N4CCCC4)cc3)c1C)CC2.Cl. The summed E-state index contributed by atoms with van der Waals surface area (Å²) in [7, 11) is 0. The summed E-state index contributed by atoms with van der Waals surface area (Å²) in [6.45, 7) is 10.6. The summed E-state index contributed by atoms with van der Waals surface area (Å²) in [5.74, 6) is 0.0142. The quantitative estimate of drug-likeness (QED) is 0.401. The van der Waals surface area contributed by atoms with Crippen molar-refractivity contribution >= 4 is 30.1 Å². The van der Waals surface area contributed by atoms with Crippen molar-refractivity contribution < 1.29 is 19.5 Å². The van der Waals surface area contributed by atoms with Crippen LogP contribution in [-0.2, 0) is 16.1 Å². The fourth-order valence-electron chi connectivity index (χ4n) is 8.25. The normalized spacial score (nSPS) is 22.8. The van der Waals surface area contributed by atoms with Crippen molar-refractivity contribution in [1.82, 2.24) is 29.8 Å². The fraction of sp³-hybridized carbons (Fsp3) is 0.667. The van der Waals surface area contributed by atoms with Gasteiger partial charge in [0.05, 0.1) is 17.0 Å². The first-order valence-electron chi connectivity index (χ1n) is 17.7. The molecule has 47 heavy (non-hydrogen) atoms. The number of hydrogen-bond donors (Lipinski definition) is 2. The first kappa shape index (κ1) is 35.4. The second-order valence-electron chi connectivity index (χ2n) is 14.3. The summed E-state index contributed by atoms with van der Waals surface area (Å²) < 4.78 is 1.96. The number of piperidine rings is 1. The number of unbranched alkanes of at least 4 members (excludes halogenated alkanes) is 1. The maximum atomic E-state index is 13.9. The summed E-state index contributed by atoms with van der Waals surface area (Å²) in [6, 6.07) is 7.09. The highest BCUT2D eigenvalue weighted by molar-refractivity contribution is 6.00. The van der Waals surface area contributed by atoms with E-state index in [4.69, 9.17) is 5.10 Å². The summed E-state index contributed by atoms with van der Waals surface area (Å²) in [5, 5.41) is 19.2. The first-order chi connectivity index (χ1) is 22.1. The van der Waals surface area contributed by atoms with Crippen LogP contribution in [0.3, 0.4) is 0 Å². The van der Waals surface area contributed by atoms with Crippen LogP contribution in [0.4, 0.5) is 0 Å². The number of aliphatic hydroxyl groups is 1. The van der Waals surface area contributed by atoms with E-state index in [9.17, 15) is 19.5 Å². The van der Waals surface area contributed by atoms with Crippen LogP contribution in [0.1, 0.15) is 111 Å². The van der Waals surface area contributed by atoms with Gasteiger partial charge in [0.15, 0.2) is 0 Å². The highest BCUT2D eigenvalue weighted by Gasteiger charge is 2.54. The molecule has 1 saturated carbocycles. The Morgan fingerprint density at radius 2 is 1.62 bits per heavy atom. The second-order valence-corrected chi connectivity index (χ2v) is 14.3. The largest absolute Gasteiger partial charge is 0.390 e. The van der Waals surface area contributed by atoms with Gasteiger partial charge in [-0.3, -0.25) is 19.3 Å². The van der Waals surface area contributed by atoms with Crippen molar-refractivity contribution in [2.24, 2.45) is 0 Å². The molecule has 0 bridgehead atoms. The van der Waals surface area contributed by atoms with E-state index in [1.54, 1.807) is 0 Å². The van der Waals surface area contributed by atoms with Crippen LogP contribution in [0.5, 0.6) is 0 Å². The van der Waals surface area contributed by atoms with Crippen LogP contribution in [0.15, 0.2) is 24.3 Å². The van der Waals surface area contributed by atoms with Crippen LogP contribution in [0.25, 0.3) is 5.69 Å². The van der Waals surface area contributed by atoms with Crippen LogP contribution in [-0.4, -0.2) is 97.2 Å². The van der Waals surface area contributed by atoms with Gasteiger partial charge >= 0.3 is 0 Å². The van der Waals surface area contributed by atoms with Gasteiger partial charge in [-0.15, -0.1) is 12.4 Å². The third kappa shape index (κ3) is 7.10. The number of benzene rings is 1. The summed E-state index contributed by atoms with van der Waals surface area (Å²) >= 11 is 0. The van der Waals surface area contributed by atoms with Gasteiger partial charge in [0.2, 0.25) is 11.8 Å². The molecule has 4 fully saturated rings. The van der Waals surface area contributed by atoms with Crippen molar-refractivity contribution in [3.8, 4) is 5.69 Å². The van der Waals surface area contributed by atoms with Crippen molar-refractivity contribution in [1.29, 1.82) is 0 Å². The molecule has 1 aliphatic carbocycles. The number of aromatic nitrogens is 2. The topological polar surface area (TPSA) is 111 Å². The molecule has 3 amide bonds. The van der Waals surface area contributed by atoms with Gasteiger partial charge in [0.1, 0.15) is 11.6 Å². The zero-order chi connectivity index (χ0) is 32.5. The van der Waals surface area contributed by atoms with E-state index >= 15 is 0 Å². The molecule has 6 rings (SSSR count). The first-order valence-corrected chi connectivity index (χ1v) is 17.7. The van der Waals surface area contributed by atoms with E-state index in [-0.39, 0.29) is 30.1 Å². The van der Waals surface area contributed by atoms with Gasteiger partial charge < -0.3 is 20.2 Å². The van der Waals surface area contributed by atoms with Crippen molar-refractivity contribution in [3.63, 3.8) is 0 Å². The van der Waals surface area contributed by atoms with E-state index in [1.807, 2.05) is 45.7 Å². The van der Waals surface area contributed by atoms with Crippen LogP contribution < -0.4 is 5.32 Å². The Bertz CT molecular complexity index is 1420. The molecule has 2 aromatic rings. The van der Waals surface area contributed by atoms with Gasteiger partial charge in [-0.1, -0.05) is 32.6 Å². The lowest BCUT2D eigenvalue weighted by Gasteiger charge is -2.52. The standard InChI is InChI=1S/C36H52N6O4.ClH/c1-4-5-21-41-33(44)31(24-35(46)15-7-6-8-16-35)37-34(45)36(41)17-22-39(23-18-36)25-30-26(2)38-42(27(30)3)29-13-11-28(12-14-29)32(43)40-19-9-10-20-40;/h11-14,31,46H,4-10,15-25H2,1-3H3,(H,37,45);1H/t31-;/m1./s1. The zero-order valence-corrected chi connectivity index (χ0v) is 29.2. The van der Waals surface area contributed by atoms with Gasteiger partial charge in [0, 0.05) is 62.5 Å². The number of nitrogens with one attached hydrogen (secondary N) is 1. The third-order valence-corrected chi connectivity index (χ3v) is 11.2. The number of likely N-dealkylation sites (tertiary alicyclic amines) is 2. The summed E-state index contributed by atoms with van der Waals surface area (Å²) in [4.78, 5) is 46.8. The average Bonchev–Trinajstić information content (AvgIpc) is 3.69. The highest BCUT2D eigenvalue weighted by atomic mass is 35.5. The van der Waals surface area contributed by atoms with Gasteiger partial charge in [-0.05, 0) is 83.1 Å². The minimum absolute atomic E-state index is 0. The van der Waals surface area contributed by atoms with Gasteiger partial charge in [0.25, 0.3) is 5.91 Å². The Morgan fingerprint density at radius 1 is 0.957 bits per heavy atom. The monoisotopic (exact) mass is 668 g/mol. The molecule has 11 heteroatoms. The Hall–Kier alpha value is -2.95. The number of piperazine rings is 1. The molecule has 3 aliphatic heterocycles. The lowest BCUT2D eigenvalue weighted by Crippen LogP contribution is -2.73. The van der Waals surface area contributed by atoms with Crippen LogP contribution >= 0.6 is 12.4 Å². The smallest absolute Gasteiger partial charge is 0.253 e. The molecule has 258 valence electrons. The van der Waals surface area contributed by atoms with E-state index in [2.05, 4.69) is 24.1 Å². The second kappa shape index (κ2) is 14.7. The summed E-state index contributed by atoms with van der Waals surface area (Å²) in [5.41, 5.74) is 3.13. The predicted molar refractivity (Wildman–Crippen MR) is 184 cm³/mol. The summed E-state index contributed by atoms with van der Waals surface area (Å²) in [6.07, 6.45) is 9.87. The van der Waals surface area contributed by atoms with Gasteiger partial charge in [-0.25, -0.2) is 4.68 Å². The predicted octanol–water partition coefficient (Wildman–Crippen LogP) is 4.69. The Labute approximate surface area is 285 Å². The third-order valence-electron chi connectivity index (χ3n) is 11.2. The molecular formula is C36H53ClN6O4. The van der Waals surface area contributed by atoms with Gasteiger partial charge in [-0.2, -0.15) is 5.10 Å². The fourth-order valence-corrected chi connectivity index (χ4v) is 8.25. The molecule has 2 N–H and O–H groups in total. The van der Waals surface area contributed by atoms with E-state index in [1.165, 1.54) is 5.56 Å². The molecular weight excluding hydrogens is 616 g/mol. The Balaban J connectivity index is 0.00000433. The number of hydrogen-bond acceptors (Lipinski definition) is 6.